The highest BCUT2D eigenvalue weighted by Gasteiger charge is 2.20. The number of rotatable bonds is 3. The van der Waals surface area contributed by atoms with E-state index in [4.69, 9.17) is 11.5 Å². The Hall–Kier alpha value is -1.52. The van der Waals surface area contributed by atoms with Crippen molar-refractivity contribution in [2.75, 3.05) is 5.73 Å². The molecule has 0 aliphatic heterocycles. The number of nitrogens with two attached hydrogens (primary N) is 2. The molecule has 78 valence electrons. The SMILES string of the molecule is CCC(C(N)=O)n1nc(C)c(N)c1C. The van der Waals surface area contributed by atoms with E-state index < -0.39 is 6.04 Å². The third-order valence-electron chi connectivity index (χ3n) is 2.39. The molecule has 0 aliphatic rings. The molecule has 5 nitrogen and oxygen atoms in total. The number of primary amides is 1. The number of carbonyl (C=O) groups excluding carboxylic acids is 1. The summed E-state index contributed by atoms with van der Waals surface area (Å²) in [4.78, 5) is 11.1. The second kappa shape index (κ2) is 3.69. The smallest absolute Gasteiger partial charge is 0.242 e. The van der Waals surface area contributed by atoms with Gasteiger partial charge in [-0.2, -0.15) is 5.10 Å². The van der Waals surface area contributed by atoms with E-state index >= 15 is 0 Å². The van der Waals surface area contributed by atoms with Gasteiger partial charge in [0.15, 0.2) is 0 Å². The minimum absolute atomic E-state index is 0.377. The van der Waals surface area contributed by atoms with Gasteiger partial charge in [-0.15, -0.1) is 0 Å². The Kier molecular flexibility index (Phi) is 2.78. The number of nitrogen functional groups attached to an aromatic ring is 1. The zero-order valence-electron chi connectivity index (χ0n) is 8.74. The highest BCUT2D eigenvalue weighted by atomic mass is 16.1. The molecule has 0 spiro atoms. The number of nitrogens with zero attached hydrogens (tertiary/aromatic N) is 2. The predicted octanol–water partition coefficient (Wildman–Crippen LogP) is 0.519. The molecule has 1 unspecified atom stereocenters. The van der Waals surface area contributed by atoms with Gasteiger partial charge in [0.1, 0.15) is 6.04 Å². The van der Waals surface area contributed by atoms with Gasteiger partial charge < -0.3 is 11.5 Å². The first-order chi connectivity index (χ1) is 6.49. The average Bonchev–Trinajstić information content (AvgIpc) is 2.35. The summed E-state index contributed by atoms with van der Waals surface area (Å²) in [5.74, 6) is -0.377. The lowest BCUT2D eigenvalue weighted by Crippen LogP contribution is -2.27. The number of carbonyl (C=O) groups is 1. The van der Waals surface area contributed by atoms with Crippen molar-refractivity contribution in [1.82, 2.24) is 9.78 Å². The van der Waals surface area contributed by atoms with E-state index in [9.17, 15) is 4.79 Å². The molecule has 1 aromatic heterocycles. The largest absolute Gasteiger partial charge is 0.396 e. The minimum atomic E-state index is -0.397. The van der Waals surface area contributed by atoms with Gasteiger partial charge in [0, 0.05) is 0 Å². The Labute approximate surface area is 83.1 Å². The van der Waals surface area contributed by atoms with Gasteiger partial charge in [-0.25, -0.2) is 0 Å². The summed E-state index contributed by atoms with van der Waals surface area (Å²) < 4.78 is 1.60. The van der Waals surface area contributed by atoms with Crippen LogP contribution in [-0.4, -0.2) is 15.7 Å². The van der Waals surface area contributed by atoms with Crippen LogP contribution in [0, 0.1) is 13.8 Å². The van der Waals surface area contributed by atoms with Crippen molar-refractivity contribution in [2.45, 2.75) is 33.2 Å². The number of aromatic nitrogens is 2. The first-order valence-corrected chi connectivity index (χ1v) is 4.59. The summed E-state index contributed by atoms with van der Waals surface area (Å²) in [5.41, 5.74) is 13.2. The van der Waals surface area contributed by atoms with Gasteiger partial charge in [0.2, 0.25) is 5.91 Å². The number of hydrogen-bond acceptors (Lipinski definition) is 3. The molecule has 1 atom stereocenters. The molecule has 4 N–H and O–H groups in total. The maximum absolute atomic E-state index is 11.1. The lowest BCUT2D eigenvalue weighted by Gasteiger charge is -2.13. The van der Waals surface area contributed by atoms with Crippen LogP contribution in [0.5, 0.6) is 0 Å². The van der Waals surface area contributed by atoms with Gasteiger partial charge in [-0.3, -0.25) is 9.48 Å². The lowest BCUT2D eigenvalue weighted by atomic mass is 10.2. The third-order valence-corrected chi connectivity index (χ3v) is 2.39. The van der Waals surface area contributed by atoms with Crippen molar-refractivity contribution < 1.29 is 4.79 Å². The van der Waals surface area contributed by atoms with Gasteiger partial charge in [0.25, 0.3) is 0 Å². The van der Waals surface area contributed by atoms with E-state index in [1.807, 2.05) is 20.8 Å². The Bertz CT molecular complexity index is 356. The molecule has 14 heavy (non-hydrogen) atoms. The van der Waals surface area contributed by atoms with Crippen molar-refractivity contribution in [2.24, 2.45) is 5.73 Å². The van der Waals surface area contributed by atoms with E-state index in [1.165, 1.54) is 0 Å². The van der Waals surface area contributed by atoms with Crippen LogP contribution in [0.1, 0.15) is 30.8 Å². The Balaban J connectivity index is 3.17. The molecule has 1 heterocycles. The van der Waals surface area contributed by atoms with E-state index in [1.54, 1.807) is 4.68 Å². The zero-order valence-corrected chi connectivity index (χ0v) is 8.74. The summed E-state index contributed by atoms with van der Waals surface area (Å²) in [6.45, 7) is 5.54. The first kappa shape index (κ1) is 10.6. The van der Waals surface area contributed by atoms with Gasteiger partial charge >= 0.3 is 0 Å². The fourth-order valence-electron chi connectivity index (χ4n) is 1.47. The molecule has 0 saturated carbocycles. The second-order valence-corrected chi connectivity index (χ2v) is 3.36. The van der Waals surface area contributed by atoms with Gasteiger partial charge in [0.05, 0.1) is 17.1 Å². The van der Waals surface area contributed by atoms with Crippen LogP contribution in [0.25, 0.3) is 0 Å². The first-order valence-electron chi connectivity index (χ1n) is 4.59. The molecule has 1 amide bonds. The molecule has 1 aromatic rings. The molecule has 0 aliphatic carbocycles. The normalized spacial score (nSPS) is 12.8. The summed E-state index contributed by atoms with van der Waals surface area (Å²) in [6.07, 6.45) is 0.622. The standard InChI is InChI=1S/C9H16N4O/c1-4-7(9(11)14)13-6(3)8(10)5(2)12-13/h7H,4,10H2,1-3H3,(H2,11,14). The van der Waals surface area contributed by atoms with Crippen LogP contribution in [0.2, 0.25) is 0 Å². The molecule has 0 fully saturated rings. The van der Waals surface area contributed by atoms with E-state index in [-0.39, 0.29) is 5.91 Å². The third kappa shape index (κ3) is 1.57. The van der Waals surface area contributed by atoms with Crippen LogP contribution in [0.3, 0.4) is 0 Å². The fraction of sp³-hybridized carbons (Fsp3) is 0.556. The van der Waals surface area contributed by atoms with Gasteiger partial charge in [-0.05, 0) is 20.3 Å². The number of aryl methyl sites for hydroxylation is 1. The number of anilines is 1. The highest BCUT2D eigenvalue weighted by Crippen LogP contribution is 2.20. The van der Waals surface area contributed by atoms with E-state index in [2.05, 4.69) is 5.10 Å². The monoisotopic (exact) mass is 196 g/mol. The molecular weight excluding hydrogens is 180 g/mol. The molecule has 0 radical (unpaired) electrons. The molecule has 0 aromatic carbocycles. The van der Waals surface area contributed by atoms with Crippen LogP contribution < -0.4 is 11.5 Å². The molecule has 1 rings (SSSR count). The lowest BCUT2D eigenvalue weighted by molar-refractivity contribution is -0.121. The maximum atomic E-state index is 11.1. The van der Waals surface area contributed by atoms with Crippen molar-refractivity contribution in [3.8, 4) is 0 Å². The Morgan fingerprint density at radius 3 is 2.43 bits per heavy atom. The van der Waals surface area contributed by atoms with Crippen LogP contribution in [0.4, 0.5) is 5.69 Å². The van der Waals surface area contributed by atoms with E-state index in [0.29, 0.717) is 12.1 Å². The average molecular weight is 196 g/mol. The quantitative estimate of drug-likeness (QED) is 0.738. The summed E-state index contributed by atoms with van der Waals surface area (Å²) in [7, 11) is 0. The summed E-state index contributed by atoms with van der Waals surface area (Å²) in [6, 6.07) is -0.397. The maximum Gasteiger partial charge on any atom is 0.242 e. The Morgan fingerprint density at radius 2 is 2.14 bits per heavy atom. The van der Waals surface area contributed by atoms with Crippen molar-refractivity contribution in [3.63, 3.8) is 0 Å². The van der Waals surface area contributed by atoms with E-state index in [0.717, 1.165) is 11.4 Å². The molecular formula is C9H16N4O. The second-order valence-electron chi connectivity index (χ2n) is 3.36. The number of amides is 1. The predicted molar refractivity (Wildman–Crippen MR) is 54.6 cm³/mol. The Morgan fingerprint density at radius 1 is 1.57 bits per heavy atom. The zero-order chi connectivity index (χ0) is 10.9. The molecule has 0 saturated heterocycles. The van der Waals surface area contributed by atoms with Gasteiger partial charge in [-0.1, -0.05) is 6.92 Å². The van der Waals surface area contributed by atoms with Crippen molar-refractivity contribution in [1.29, 1.82) is 0 Å². The number of hydrogen-bond donors (Lipinski definition) is 2. The summed E-state index contributed by atoms with van der Waals surface area (Å²) in [5, 5.41) is 4.19. The minimum Gasteiger partial charge on any atom is -0.396 e. The highest BCUT2D eigenvalue weighted by molar-refractivity contribution is 5.78. The topological polar surface area (TPSA) is 86.9 Å². The molecule has 5 heteroatoms. The fourth-order valence-corrected chi connectivity index (χ4v) is 1.47. The van der Waals surface area contributed by atoms with Crippen molar-refractivity contribution in [3.05, 3.63) is 11.4 Å². The van der Waals surface area contributed by atoms with Crippen molar-refractivity contribution >= 4 is 11.6 Å². The summed E-state index contributed by atoms with van der Waals surface area (Å²) >= 11 is 0. The van der Waals surface area contributed by atoms with Crippen LogP contribution in [-0.2, 0) is 4.79 Å². The van der Waals surface area contributed by atoms with Crippen LogP contribution in [0.15, 0.2) is 0 Å². The van der Waals surface area contributed by atoms with Crippen LogP contribution >= 0.6 is 0 Å². The molecule has 0 bridgehead atoms.